The summed E-state index contributed by atoms with van der Waals surface area (Å²) >= 11 is 1.34. The summed E-state index contributed by atoms with van der Waals surface area (Å²) in [5.74, 6) is 0.878. The van der Waals surface area contributed by atoms with Gasteiger partial charge in [-0.05, 0) is 18.6 Å². The maximum absolute atomic E-state index is 12.7. The number of amides is 1. The Kier molecular flexibility index (Phi) is 4.92. The van der Waals surface area contributed by atoms with Crippen molar-refractivity contribution in [3.63, 3.8) is 0 Å². The summed E-state index contributed by atoms with van der Waals surface area (Å²) in [6.45, 7) is 0.915. The number of nitrogens with one attached hydrogen (secondary N) is 1. The molecule has 2 aromatic heterocycles. The fourth-order valence-electron chi connectivity index (χ4n) is 3.23. The second-order valence-corrected chi connectivity index (χ2v) is 7.53. The number of fused-ring (bicyclic) bond motifs is 1. The molecule has 1 amide bonds. The first kappa shape index (κ1) is 18.7. The molecular weight excluding hydrogens is 389 g/mol. The number of rotatable bonds is 4. The van der Waals surface area contributed by atoms with E-state index >= 15 is 0 Å². The first-order chi connectivity index (χ1) is 13.4. The summed E-state index contributed by atoms with van der Waals surface area (Å²) in [5.41, 5.74) is 0.622. The Morgan fingerprint density at radius 3 is 2.82 bits per heavy atom. The number of halogens is 3. The number of aromatic nitrogens is 3. The molecule has 28 heavy (non-hydrogen) atoms. The van der Waals surface area contributed by atoms with Gasteiger partial charge in [0.05, 0.1) is 23.7 Å². The molecule has 5 nitrogen and oxygen atoms in total. The van der Waals surface area contributed by atoms with Gasteiger partial charge in [-0.2, -0.15) is 13.2 Å². The van der Waals surface area contributed by atoms with Crippen molar-refractivity contribution >= 4 is 17.2 Å². The van der Waals surface area contributed by atoms with E-state index in [-0.39, 0.29) is 11.8 Å². The van der Waals surface area contributed by atoms with E-state index < -0.39 is 11.7 Å². The van der Waals surface area contributed by atoms with Gasteiger partial charge in [-0.1, -0.05) is 12.1 Å². The number of carbonyl (C=O) groups excluding carboxylic acids is 1. The molecule has 3 aromatic rings. The lowest BCUT2D eigenvalue weighted by Crippen LogP contribution is -2.35. The van der Waals surface area contributed by atoms with Gasteiger partial charge >= 0.3 is 6.18 Å². The van der Waals surface area contributed by atoms with Crippen molar-refractivity contribution in [3.8, 4) is 10.6 Å². The van der Waals surface area contributed by atoms with Gasteiger partial charge in [-0.15, -0.1) is 11.3 Å². The minimum absolute atomic E-state index is 0.0246. The summed E-state index contributed by atoms with van der Waals surface area (Å²) in [6, 6.07) is 4.92. The van der Waals surface area contributed by atoms with Crippen LogP contribution in [0.2, 0.25) is 0 Å². The number of aryl methyl sites for hydroxylation is 1. The highest BCUT2D eigenvalue weighted by atomic mass is 32.1. The molecule has 1 N–H and O–H groups in total. The van der Waals surface area contributed by atoms with Gasteiger partial charge in [0, 0.05) is 36.3 Å². The fraction of sp³-hybridized carbons (Fsp3) is 0.316. The molecule has 1 aliphatic heterocycles. The van der Waals surface area contributed by atoms with Crippen molar-refractivity contribution in [1.29, 1.82) is 0 Å². The van der Waals surface area contributed by atoms with Crippen molar-refractivity contribution in [2.75, 3.05) is 0 Å². The van der Waals surface area contributed by atoms with E-state index in [1.807, 2.05) is 16.1 Å². The minimum Gasteiger partial charge on any atom is -0.350 e. The van der Waals surface area contributed by atoms with Crippen LogP contribution in [0.15, 0.2) is 42.0 Å². The Labute approximate surface area is 163 Å². The molecule has 0 aliphatic carbocycles. The van der Waals surface area contributed by atoms with Crippen LogP contribution in [0.4, 0.5) is 13.2 Å². The lowest BCUT2D eigenvalue weighted by molar-refractivity contribution is -0.137. The number of hydrogen-bond donors (Lipinski definition) is 1. The maximum Gasteiger partial charge on any atom is 0.416 e. The van der Waals surface area contributed by atoms with Crippen LogP contribution in [0, 0.1) is 5.92 Å². The van der Waals surface area contributed by atoms with Crippen LogP contribution in [0.3, 0.4) is 0 Å². The molecule has 0 radical (unpaired) electrons. The smallest absolute Gasteiger partial charge is 0.350 e. The van der Waals surface area contributed by atoms with Crippen molar-refractivity contribution in [2.24, 2.45) is 5.92 Å². The number of imidazole rings is 1. The molecule has 0 saturated heterocycles. The van der Waals surface area contributed by atoms with Crippen LogP contribution >= 0.6 is 11.3 Å². The highest BCUT2D eigenvalue weighted by Crippen LogP contribution is 2.31. The molecule has 9 heteroatoms. The highest BCUT2D eigenvalue weighted by molar-refractivity contribution is 7.13. The average Bonchev–Trinajstić information content (AvgIpc) is 3.34. The maximum atomic E-state index is 12.7. The first-order valence-electron chi connectivity index (χ1n) is 8.80. The van der Waals surface area contributed by atoms with Crippen molar-refractivity contribution < 1.29 is 18.0 Å². The second kappa shape index (κ2) is 7.38. The number of nitrogens with zero attached hydrogens (tertiary/aromatic N) is 3. The molecule has 1 atom stereocenters. The number of carbonyl (C=O) groups is 1. The average molecular weight is 406 g/mol. The first-order valence-corrected chi connectivity index (χ1v) is 9.68. The summed E-state index contributed by atoms with van der Waals surface area (Å²) in [7, 11) is 0. The second-order valence-electron chi connectivity index (χ2n) is 6.67. The molecule has 1 aliphatic rings. The van der Waals surface area contributed by atoms with E-state index in [0.29, 0.717) is 29.4 Å². The summed E-state index contributed by atoms with van der Waals surface area (Å²) in [4.78, 5) is 21.1. The molecule has 0 spiro atoms. The molecule has 1 aromatic carbocycles. The highest BCUT2D eigenvalue weighted by Gasteiger charge is 2.30. The van der Waals surface area contributed by atoms with Gasteiger partial charge < -0.3 is 9.88 Å². The van der Waals surface area contributed by atoms with Crippen LogP contribution in [0.5, 0.6) is 0 Å². The topological polar surface area (TPSA) is 59.8 Å². The third-order valence-corrected chi connectivity index (χ3v) is 5.70. The van der Waals surface area contributed by atoms with E-state index in [2.05, 4.69) is 15.3 Å². The molecule has 0 saturated carbocycles. The van der Waals surface area contributed by atoms with E-state index in [9.17, 15) is 18.0 Å². The number of hydrogen-bond acceptors (Lipinski definition) is 4. The van der Waals surface area contributed by atoms with Crippen molar-refractivity contribution in [2.45, 2.75) is 32.1 Å². The summed E-state index contributed by atoms with van der Waals surface area (Å²) < 4.78 is 40.0. The number of alkyl halides is 3. The predicted molar refractivity (Wildman–Crippen MR) is 98.4 cm³/mol. The lowest BCUT2D eigenvalue weighted by atomic mass is 9.98. The standard InChI is InChI=1S/C19H17F3N4OS/c20-19(21,22)14-4-1-12(2-5-14)18-25-15(11-28-18)9-24-17(27)13-3-6-16-23-7-8-26(16)10-13/h1-2,4-5,7-8,11,13H,3,6,9-10H2,(H,24,27). The summed E-state index contributed by atoms with van der Waals surface area (Å²) in [5, 5.41) is 5.34. The predicted octanol–water partition coefficient (Wildman–Crippen LogP) is 3.90. The van der Waals surface area contributed by atoms with Gasteiger partial charge in [-0.3, -0.25) is 4.79 Å². The van der Waals surface area contributed by atoms with Gasteiger partial charge in [0.25, 0.3) is 0 Å². The monoisotopic (exact) mass is 406 g/mol. The summed E-state index contributed by atoms with van der Waals surface area (Å²) in [6.07, 6.45) is 0.809. The van der Waals surface area contributed by atoms with Gasteiger partial charge in [0.2, 0.25) is 5.91 Å². The SMILES string of the molecule is O=C(NCc1csc(-c2ccc(C(F)(F)F)cc2)n1)C1CCc2nccn2C1. The van der Waals surface area contributed by atoms with Gasteiger partial charge in [0.15, 0.2) is 0 Å². The number of thiazole rings is 1. The van der Waals surface area contributed by atoms with Crippen molar-refractivity contribution in [3.05, 3.63) is 59.1 Å². The van der Waals surface area contributed by atoms with E-state index in [4.69, 9.17) is 0 Å². The van der Waals surface area contributed by atoms with E-state index in [0.717, 1.165) is 30.8 Å². The van der Waals surface area contributed by atoms with E-state index in [1.54, 1.807) is 6.20 Å². The Morgan fingerprint density at radius 2 is 2.07 bits per heavy atom. The largest absolute Gasteiger partial charge is 0.416 e. The molecular formula is C19H17F3N4OS. The van der Waals surface area contributed by atoms with Crippen molar-refractivity contribution in [1.82, 2.24) is 19.9 Å². The molecule has 0 fully saturated rings. The number of benzene rings is 1. The van der Waals surface area contributed by atoms with Crippen LogP contribution in [0.25, 0.3) is 10.6 Å². The fourth-order valence-corrected chi connectivity index (χ4v) is 4.05. The zero-order chi connectivity index (χ0) is 19.7. The normalized spacial score (nSPS) is 16.6. The lowest BCUT2D eigenvalue weighted by Gasteiger charge is -2.22. The molecule has 0 bridgehead atoms. The van der Waals surface area contributed by atoms with Crippen LogP contribution in [-0.4, -0.2) is 20.4 Å². The Morgan fingerprint density at radius 1 is 1.29 bits per heavy atom. The van der Waals surface area contributed by atoms with Crippen LogP contribution in [0.1, 0.15) is 23.5 Å². The minimum atomic E-state index is -4.35. The Hall–Kier alpha value is -2.68. The quantitative estimate of drug-likeness (QED) is 0.715. The molecule has 1 unspecified atom stereocenters. The van der Waals surface area contributed by atoms with Crippen LogP contribution < -0.4 is 5.32 Å². The zero-order valence-corrected chi connectivity index (χ0v) is 15.6. The van der Waals surface area contributed by atoms with Gasteiger partial charge in [-0.25, -0.2) is 9.97 Å². The Balaban J connectivity index is 1.35. The molecule has 4 rings (SSSR count). The van der Waals surface area contributed by atoms with Gasteiger partial charge in [0.1, 0.15) is 10.8 Å². The van der Waals surface area contributed by atoms with E-state index in [1.165, 1.54) is 23.5 Å². The third kappa shape index (κ3) is 3.94. The third-order valence-electron chi connectivity index (χ3n) is 4.76. The zero-order valence-electron chi connectivity index (χ0n) is 14.7. The Bertz CT molecular complexity index is 978. The molecule has 146 valence electrons. The van der Waals surface area contributed by atoms with Crippen LogP contribution in [-0.2, 0) is 30.5 Å². The molecule has 3 heterocycles.